The molecule has 7 nitrogen and oxygen atoms in total. The predicted molar refractivity (Wildman–Crippen MR) is 93.6 cm³/mol. The van der Waals surface area contributed by atoms with Gasteiger partial charge in [0.2, 0.25) is 5.88 Å². The van der Waals surface area contributed by atoms with Crippen LogP contribution in [-0.4, -0.2) is 48.3 Å². The van der Waals surface area contributed by atoms with Gasteiger partial charge in [-0.1, -0.05) is 18.7 Å². The smallest absolute Gasteiger partial charge is 0.323 e. The van der Waals surface area contributed by atoms with Crippen molar-refractivity contribution in [2.75, 3.05) is 20.3 Å². The third-order valence-corrected chi connectivity index (χ3v) is 4.03. The lowest BCUT2D eigenvalue weighted by atomic mass is 10.1. The molecule has 132 valence electrons. The van der Waals surface area contributed by atoms with Crippen LogP contribution < -0.4 is 14.8 Å². The SMILES string of the molecule is C=Cc1ccc2nc(OCC)nc(O[C@H]3CN[C@H](C(=O)OC)C3)c2c1. The molecule has 2 atom stereocenters. The third kappa shape index (κ3) is 3.71. The molecule has 0 spiro atoms. The second-order valence-corrected chi connectivity index (χ2v) is 5.68. The number of methoxy groups -OCH3 is 1. The minimum Gasteiger partial charge on any atom is -0.472 e. The summed E-state index contributed by atoms with van der Waals surface area (Å²) in [6.07, 6.45) is 2.08. The summed E-state index contributed by atoms with van der Waals surface area (Å²) < 4.78 is 16.3. The summed E-state index contributed by atoms with van der Waals surface area (Å²) in [6, 6.07) is 5.64. The fourth-order valence-corrected chi connectivity index (χ4v) is 2.78. The van der Waals surface area contributed by atoms with Crippen molar-refractivity contribution < 1.29 is 19.0 Å². The number of benzene rings is 1. The molecular weight excluding hydrogens is 322 g/mol. The molecule has 2 aromatic rings. The van der Waals surface area contributed by atoms with Gasteiger partial charge in [-0.25, -0.2) is 0 Å². The molecule has 25 heavy (non-hydrogen) atoms. The van der Waals surface area contributed by atoms with E-state index in [0.29, 0.717) is 25.5 Å². The number of nitrogens with one attached hydrogen (secondary N) is 1. The molecule has 1 aliphatic rings. The van der Waals surface area contributed by atoms with E-state index in [2.05, 4.69) is 21.9 Å². The molecule has 2 heterocycles. The summed E-state index contributed by atoms with van der Waals surface area (Å²) in [5, 5.41) is 3.88. The molecule has 0 saturated carbocycles. The first-order valence-corrected chi connectivity index (χ1v) is 8.19. The molecule has 0 radical (unpaired) electrons. The minimum absolute atomic E-state index is 0.191. The predicted octanol–water partition coefficient (Wildman–Crippen LogP) is 1.95. The standard InChI is InChI=1S/C18H21N3O4/c1-4-11-6-7-14-13(8-11)16(21-18(20-14)24-5-2)25-12-9-15(19-10-12)17(22)23-3/h4,6-8,12,15,19H,1,5,9-10H2,2-3H3/t12-,15+/m1/s1. The fourth-order valence-electron chi connectivity index (χ4n) is 2.78. The van der Waals surface area contributed by atoms with Gasteiger partial charge in [0.15, 0.2) is 0 Å². The van der Waals surface area contributed by atoms with Crippen LogP contribution >= 0.6 is 0 Å². The zero-order valence-corrected chi connectivity index (χ0v) is 14.3. The first-order chi connectivity index (χ1) is 12.1. The van der Waals surface area contributed by atoms with Crippen molar-refractivity contribution in [2.45, 2.75) is 25.5 Å². The average Bonchev–Trinajstić information content (AvgIpc) is 3.09. The number of fused-ring (bicyclic) bond motifs is 1. The van der Waals surface area contributed by atoms with Crippen molar-refractivity contribution >= 4 is 22.9 Å². The van der Waals surface area contributed by atoms with Gasteiger partial charge in [0.1, 0.15) is 12.1 Å². The van der Waals surface area contributed by atoms with E-state index >= 15 is 0 Å². The van der Waals surface area contributed by atoms with Gasteiger partial charge in [-0.2, -0.15) is 9.97 Å². The van der Waals surface area contributed by atoms with Crippen molar-refractivity contribution in [2.24, 2.45) is 0 Å². The first kappa shape index (κ1) is 17.2. The molecule has 3 rings (SSSR count). The Kier molecular flexibility index (Phi) is 5.14. The van der Waals surface area contributed by atoms with Gasteiger partial charge >= 0.3 is 12.0 Å². The van der Waals surface area contributed by atoms with Gasteiger partial charge in [0, 0.05) is 13.0 Å². The van der Waals surface area contributed by atoms with Gasteiger partial charge in [0.05, 0.1) is 24.6 Å². The molecule has 1 aliphatic heterocycles. The molecule has 0 aliphatic carbocycles. The largest absolute Gasteiger partial charge is 0.472 e. The van der Waals surface area contributed by atoms with Crippen LogP contribution in [0.25, 0.3) is 17.0 Å². The van der Waals surface area contributed by atoms with Crippen LogP contribution in [0.3, 0.4) is 0 Å². The lowest BCUT2D eigenvalue weighted by Crippen LogP contribution is -2.31. The van der Waals surface area contributed by atoms with E-state index in [1.54, 1.807) is 6.08 Å². The maximum atomic E-state index is 11.7. The first-order valence-electron chi connectivity index (χ1n) is 8.19. The summed E-state index contributed by atoms with van der Waals surface area (Å²) in [4.78, 5) is 20.4. The van der Waals surface area contributed by atoms with Gasteiger partial charge < -0.3 is 19.5 Å². The molecule has 1 N–H and O–H groups in total. The number of esters is 1. The van der Waals surface area contributed by atoms with Gasteiger partial charge in [-0.3, -0.25) is 4.79 Å². The number of ether oxygens (including phenoxy) is 3. The fraction of sp³-hybridized carbons (Fsp3) is 0.389. The Morgan fingerprint density at radius 3 is 3.00 bits per heavy atom. The average molecular weight is 343 g/mol. The van der Waals surface area contributed by atoms with E-state index in [1.807, 2.05) is 25.1 Å². The maximum absolute atomic E-state index is 11.7. The van der Waals surface area contributed by atoms with Gasteiger partial charge in [-0.15, -0.1) is 0 Å². The highest BCUT2D eigenvalue weighted by molar-refractivity contribution is 5.86. The topological polar surface area (TPSA) is 82.6 Å². The summed E-state index contributed by atoms with van der Waals surface area (Å²) in [7, 11) is 1.38. The molecule has 1 saturated heterocycles. The Morgan fingerprint density at radius 2 is 2.28 bits per heavy atom. The minimum atomic E-state index is -0.363. The highest BCUT2D eigenvalue weighted by Gasteiger charge is 2.32. The number of hydrogen-bond acceptors (Lipinski definition) is 7. The quantitative estimate of drug-likeness (QED) is 0.803. The van der Waals surface area contributed by atoms with Crippen molar-refractivity contribution in [3.63, 3.8) is 0 Å². The third-order valence-electron chi connectivity index (χ3n) is 4.03. The lowest BCUT2D eigenvalue weighted by Gasteiger charge is -2.15. The molecule has 1 aromatic heterocycles. The summed E-state index contributed by atoms with van der Waals surface area (Å²) >= 11 is 0. The second kappa shape index (κ2) is 7.48. The Balaban J connectivity index is 1.90. The van der Waals surface area contributed by atoms with Crippen LogP contribution in [-0.2, 0) is 9.53 Å². The van der Waals surface area contributed by atoms with Crippen LogP contribution in [0.5, 0.6) is 11.9 Å². The highest BCUT2D eigenvalue weighted by Crippen LogP contribution is 2.28. The molecule has 1 fully saturated rings. The van der Waals surface area contributed by atoms with Crippen LogP contribution in [0, 0.1) is 0 Å². The van der Waals surface area contributed by atoms with E-state index in [0.717, 1.165) is 16.5 Å². The van der Waals surface area contributed by atoms with E-state index < -0.39 is 0 Å². The van der Waals surface area contributed by atoms with Crippen molar-refractivity contribution in [3.8, 4) is 11.9 Å². The summed E-state index contributed by atoms with van der Waals surface area (Å²) in [5.41, 5.74) is 1.68. The molecule has 0 bridgehead atoms. The second-order valence-electron chi connectivity index (χ2n) is 5.68. The zero-order valence-electron chi connectivity index (χ0n) is 14.3. The summed E-state index contributed by atoms with van der Waals surface area (Å²) in [5.74, 6) is 0.150. The molecule has 0 amide bonds. The van der Waals surface area contributed by atoms with E-state index in [-0.39, 0.29) is 24.1 Å². The number of carbonyl (C=O) groups is 1. The van der Waals surface area contributed by atoms with E-state index in [9.17, 15) is 4.79 Å². The van der Waals surface area contributed by atoms with Crippen LogP contribution in [0.15, 0.2) is 24.8 Å². The number of nitrogens with zero attached hydrogens (tertiary/aromatic N) is 2. The molecule has 1 aromatic carbocycles. The molecular formula is C18H21N3O4. The number of rotatable bonds is 6. The highest BCUT2D eigenvalue weighted by atomic mass is 16.5. The number of aromatic nitrogens is 2. The Labute approximate surface area is 146 Å². The normalized spacial score (nSPS) is 19.6. The monoisotopic (exact) mass is 343 g/mol. The molecule has 7 heteroatoms. The number of carbonyl (C=O) groups excluding carboxylic acids is 1. The van der Waals surface area contributed by atoms with Crippen molar-refractivity contribution in [1.29, 1.82) is 0 Å². The number of hydrogen-bond donors (Lipinski definition) is 1. The van der Waals surface area contributed by atoms with Crippen LogP contribution in [0.4, 0.5) is 0 Å². The molecule has 0 unspecified atom stereocenters. The summed E-state index contributed by atoms with van der Waals surface area (Å²) in [6.45, 7) is 6.66. The van der Waals surface area contributed by atoms with Crippen molar-refractivity contribution in [3.05, 3.63) is 30.3 Å². The van der Waals surface area contributed by atoms with Crippen molar-refractivity contribution in [1.82, 2.24) is 15.3 Å². The zero-order chi connectivity index (χ0) is 17.8. The van der Waals surface area contributed by atoms with Crippen LogP contribution in [0.1, 0.15) is 18.9 Å². The maximum Gasteiger partial charge on any atom is 0.323 e. The Bertz CT molecular complexity index is 793. The Hall–Kier alpha value is -2.67. The van der Waals surface area contributed by atoms with Gasteiger partial charge in [0.25, 0.3) is 0 Å². The lowest BCUT2D eigenvalue weighted by molar-refractivity contribution is -0.142. The van der Waals surface area contributed by atoms with Gasteiger partial charge in [-0.05, 0) is 24.6 Å². The Morgan fingerprint density at radius 1 is 1.44 bits per heavy atom. The van der Waals surface area contributed by atoms with E-state index in [1.165, 1.54) is 7.11 Å². The van der Waals surface area contributed by atoms with E-state index in [4.69, 9.17) is 14.2 Å². The van der Waals surface area contributed by atoms with Crippen LogP contribution in [0.2, 0.25) is 0 Å².